The number of hydrogen-bond donors (Lipinski definition) is 1. The van der Waals surface area contributed by atoms with Crippen molar-refractivity contribution in [2.24, 2.45) is 0 Å². The second-order valence-corrected chi connectivity index (χ2v) is 6.16. The maximum absolute atomic E-state index is 12.7. The molecule has 0 aromatic heterocycles. The number of nitrogens with one attached hydrogen (secondary N) is 1. The molecule has 1 aromatic carbocycles. The number of benzene rings is 1. The van der Waals surface area contributed by atoms with Crippen molar-refractivity contribution in [1.29, 1.82) is 0 Å². The van der Waals surface area contributed by atoms with E-state index in [0.29, 0.717) is 57.1 Å². The number of piperazine rings is 1. The number of methoxy groups -OCH3 is 1. The van der Waals surface area contributed by atoms with Gasteiger partial charge in [-0.1, -0.05) is 6.07 Å². The molecule has 0 aliphatic carbocycles. The average Bonchev–Trinajstić information content (AvgIpc) is 2.71. The second-order valence-electron chi connectivity index (χ2n) is 6.16. The first-order valence-electron chi connectivity index (χ1n) is 9.15. The number of nitrogens with zero attached hydrogens (tertiary/aromatic N) is 2. The van der Waals surface area contributed by atoms with Gasteiger partial charge in [-0.2, -0.15) is 0 Å². The van der Waals surface area contributed by atoms with Crippen molar-refractivity contribution in [1.82, 2.24) is 15.1 Å². The van der Waals surface area contributed by atoms with Crippen LogP contribution in [0.1, 0.15) is 34.1 Å². The molecule has 148 valence electrons. The van der Waals surface area contributed by atoms with Crippen LogP contribution in [0.3, 0.4) is 0 Å². The Bertz CT molecular complexity index is 657. The summed E-state index contributed by atoms with van der Waals surface area (Å²) in [5, 5.41) is 2.81. The van der Waals surface area contributed by atoms with Gasteiger partial charge < -0.3 is 24.6 Å². The summed E-state index contributed by atoms with van der Waals surface area (Å²) in [6.45, 7) is 4.93. The minimum atomic E-state index is -0.350. The topological polar surface area (TPSA) is 88.2 Å². The van der Waals surface area contributed by atoms with E-state index >= 15 is 0 Å². The molecule has 1 saturated heterocycles. The van der Waals surface area contributed by atoms with Crippen molar-refractivity contribution >= 4 is 17.9 Å². The Balaban J connectivity index is 1.91. The predicted octanol–water partition coefficient (Wildman–Crippen LogP) is 1.37. The molecule has 1 aliphatic heterocycles. The van der Waals surface area contributed by atoms with Crippen LogP contribution in [0.15, 0.2) is 24.3 Å². The Hall–Kier alpha value is -2.61. The molecule has 1 heterocycles. The zero-order valence-electron chi connectivity index (χ0n) is 15.9. The van der Waals surface area contributed by atoms with Gasteiger partial charge in [-0.05, 0) is 31.5 Å². The summed E-state index contributed by atoms with van der Waals surface area (Å²) in [6, 6.07) is 6.68. The quantitative estimate of drug-likeness (QED) is 0.725. The third-order valence-corrected chi connectivity index (χ3v) is 4.28. The second kappa shape index (κ2) is 10.5. The van der Waals surface area contributed by atoms with E-state index in [0.717, 1.165) is 6.42 Å². The van der Waals surface area contributed by atoms with Gasteiger partial charge in [0.05, 0.1) is 6.61 Å². The van der Waals surface area contributed by atoms with Crippen LogP contribution >= 0.6 is 0 Å². The predicted molar refractivity (Wildman–Crippen MR) is 99.8 cm³/mol. The standard InChI is InChI=1S/C19H27N3O5/c1-3-27-19(25)22-11-9-21(10-12-22)18(24)16-7-4-6-15(14-16)17(23)20-8-5-13-26-2/h4,6-7,14H,3,5,8-13H2,1-2H3,(H,20,23). The van der Waals surface area contributed by atoms with Crippen molar-refractivity contribution in [3.8, 4) is 0 Å². The van der Waals surface area contributed by atoms with Gasteiger partial charge in [-0.15, -0.1) is 0 Å². The molecular formula is C19H27N3O5. The number of carbonyl (C=O) groups is 3. The SMILES string of the molecule is CCOC(=O)N1CCN(C(=O)c2cccc(C(=O)NCCCOC)c2)CC1. The van der Waals surface area contributed by atoms with Crippen LogP contribution in [-0.4, -0.2) is 80.8 Å². The Morgan fingerprint density at radius 1 is 1.07 bits per heavy atom. The normalized spacial score (nSPS) is 14.0. The highest BCUT2D eigenvalue weighted by molar-refractivity contribution is 5.99. The molecule has 3 amide bonds. The Kier molecular flexibility index (Phi) is 8.06. The lowest BCUT2D eigenvalue weighted by molar-refractivity contribution is 0.0570. The number of amides is 3. The van der Waals surface area contributed by atoms with Crippen molar-refractivity contribution in [2.75, 3.05) is 53.0 Å². The Morgan fingerprint density at radius 2 is 1.74 bits per heavy atom. The van der Waals surface area contributed by atoms with Crippen LogP contribution in [-0.2, 0) is 9.47 Å². The molecule has 1 aromatic rings. The fraction of sp³-hybridized carbons (Fsp3) is 0.526. The van der Waals surface area contributed by atoms with Crippen LogP contribution in [0.4, 0.5) is 4.79 Å². The van der Waals surface area contributed by atoms with Gasteiger partial charge >= 0.3 is 6.09 Å². The molecule has 8 nitrogen and oxygen atoms in total. The minimum Gasteiger partial charge on any atom is -0.450 e. The average molecular weight is 377 g/mol. The summed E-state index contributed by atoms with van der Waals surface area (Å²) in [5.74, 6) is -0.361. The first-order valence-corrected chi connectivity index (χ1v) is 9.15. The summed E-state index contributed by atoms with van der Waals surface area (Å²) in [5.41, 5.74) is 0.910. The zero-order chi connectivity index (χ0) is 19.6. The lowest BCUT2D eigenvalue weighted by Crippen LogP contribution is -2.50. The van der Waals surface area contributed by atoms with Crippen molar-refractivity contribution in [3.63, 3.8) is 0 Å². The van der Waals surface area contributed by atoms with E-state index in [9.17, 15) is 14.4 Å². The summed E-state index contributed by atoms with van der Waals surface area (Å²) >= 11 is 0. The molecule has 0 atom stereocenters. The first kappa shape index (κ1) is 20.7. The summed E-state index contributed by atoms with van der Waals surface area (Å²) in [4.78, 5) is 39.9. The highest BCUT2D eigenvalue weighted by atomic mass is 16.6. The van der Waals surface area contributed by atoms with Crippen molar-refractivity contribution in [2.45, 2.75) is 13.3 Å². The van der Waals surface area contributed by atoms with Crippen LogP contribution in [0, 0.1) is 0 Å². The smallest absolute Gasteiger partial charge is 0.409 e. The number of hydrogen-bond acceptors (Lipinski definition) is 5. The van der Waals surface area contributed by atoms with Crippen LogP contribution in [0.2, 0.25) is 0 Å². The molecule has 1 N–H and O–H groups in total. The third-order valence-electron chi connectivity index (χ3n) is 4.28. The number of ether oxygens (including phenoxy) is 2. The fourth-order valence-corrected chi connectivity index (χ4v) is 2.80. The van der Waals surface area contributed by atoms with E-state index in [4.69, 9.17) is 9.47 Å². The van der Waals surface area contributed by atoms with Crippen LogP contribution < -0.4 is 5.32 Å². The van der Waals surface area contributed by atoms with Gasteiger partial charge in [0, 0.05) is 57.6 Å². The molecule has 0 spiro atoms. The molecule has 2 rings (SSSR count). The molecule has 0 radical (unpaired) electrons. The molecule has 0 bridgehead atoms. The van der Waals surface area contributed by atoms with E-state index in [1.165, 1.54) is 0 Å². The largest absolute Gasteiger partial charge is 0.450 e. The van der Waals surface area contributed by atoms with Crippen LogP contribution in [0.5, 0.6) is 0 Å². The number of carbonyl (C=O) groups excluding carboxylic acids is 3. The lowest BCUT2D eigenvalue weighted by atomic mass is 10.1. The van der Waals surface area contributed by atoms with Crippen molar-refractivity contribution in [3.05, 3.63) is 35.4 Å². The van der Waals surface area contributed by atoms with E-state index in [1.54, 1.807) is 48.1 Å². The van der Waals surface area contributed by atoms with E-state index in [2.05, 4.69) is 5.32 Å². The molecule has 0 unspecified atom stereocenters. The third kappa shape index (κ3) is 5.96. The maximum Gasteiger partial charge on any atom is 0.409 e. The number of rotatable bonds is 7. The van der Waals surface area contributed by atoms with E-state index < -0.39 is 0 Å². The van der Waals surface area contributed by atoms with Crippen molar-refractivity contribution < 1.29 is 23.9 Å². The molecule has 27 heavy (non-hydrogen) atoms. The zero-order valence-corrected chi connectivity index (χ0v) is 15.9. The highest BCUT2D eigenvalue weighted by Gasteiger charge is 2.25. The molecular weight excluding hydrogens is 350 g/mol. The summed E-state index contributed by atoms with van der Waals surface area (Å²) in [7, 11) is 1.61. The van der Waals surface area contributed by atoms with E-state index in [-0.39, 0.29) is 17.9 Å². The Morgan fingerprint density at radius 3 is 2.41 bits per heavy atom. The van der Waals surface area contributed by atoms with Crippen LogP contribution in [0.25, 0.3) is 0 Å². The molecule has 1 fully saturated rings. The molecule has 0 saturated carbocycles. The van der Waals surface area contributed by atoms with E-state index in [1.807, 2.05) is 0 Å². The maximum atomic E-state index is 12.7. The van der Waals surface area contributed by atoms with Gasteiger partial charge in [-0.25, -0.2) is 4.79 Å². The Labute approximate surface area is 159 Å². The monoisotopic (exact) mass is 377 g/mol. The highest BCUT2D eigenvalue weighted by Crippen LogP contribution is 2.12. The van der Waals surface area contributed by atoms with Gasteiger partial charge in [-0.3, -0.25) is 9.59 Å². The lowest BCUT2D eigenvalue weighted by Gasteiger charge is -2.34. The fourth-order valence-electron chi connectivity index (χ4n) is 2.80. The summed E-state index contributed by atoms with van der Waals surface area (Å²) < 4.78 is 9.93. The van der Waals surface area contributed by atoms with Gasteiger partial charge in [0.1, 0.15) is 0 Å². The first-order chi connectivity index (χ1) is 13.1. The van der Waals surface area contributed by atoms with Gasteiger partial charge in [0.15, 0.2) is 0 Å². The molecule has 8 heteroatoms. The summed E-state index contributed by atoms with van der Waals surface area (Å²) in [6.07, 6.45) is 0.378. The van der Waals surface area contributed by atoms with Gasteiger partial charge in [0.2, 0.25) is 0 Å². The molecule has 1 aliphatic rings. The minimum absolute atomic E-state index is 0.146. The van der Waals surface area contributed by atoms with Gasteiger partial charge in [0.25, 0.3) is 11.8 Å².